The number of hydrogen-bond acceptors (Lipinski definition) is 6. The molecule has 15 heavy (non-hydrogen) atoms. The zero-order valence-corrected chi connectivity index (χ0v) is 9.00. The maximum Gasteiger partial charge on any atom is 0.225 e. The topological polar surface area (TPSA) is 104 Å². The fraction of sp³-hybridized carbons (Fsp3) is 0.375. The molecular formula is C8H10ClN4O2-. The molecule has 0 fully saturated rings. The van der Waals surface area contributed by atoms with Gasteiger partial charge in [0, 0.05) is 6.04 Å². The Bertz CT molecular complexity index is 394. The van der Waals surface area contributed by atoms with E-state index in [1.54, 1.807) is 0 Å². The summed E-state index contributed by atoms with van der Waals surface area (Å²) >= 11 is 5.54. The highest BCUT2D eigenvalue weighted by atomic mass is 35.5. The summed E-state index contributed by atoms with van der Waals surface area (Å²) in [6, 6.07) is 0.0490. The molecule has 0 radical (unpaired) electrons. The van der Waals surface area contributed by atoms with Gasteiger partial charge >= 0.3 is 0 Å². The van der Waals surface area contributed by atoms with E-state index in [1.165, 1.54) is 0 Å². The number of halogens is 1. The summed E-state index contributed by atoms with van der Waals surface area (Å²) in [6.07, 6.45) is 0. The maximum atomic E-state index is 10.6. The Morgan fingerprint density at radius 2 is 2.13 bits per heavy atom. The highest BCUT2D eigenvalue weighted by Crippen LogP contribution is 2.21. The largest absolute Gasteiger partial charge is 0.543 e. The Balaban J connectivity index is 3.22. The SMILES string of the molecule is CC(C)Nc1nc(Cl)nc(C(=O)[O-])c1N. The quantitative estimate of drug-likeness (QED) is 0.702. The monoisotopic (exact) mass is 229 g/mol. The number of nitrogen functional groups attached to an aromatic ring is 1. The molecule has 0 spiro atoms. The second-order valence-corrected chi connectivity index (χ2v) is 3.53. The Labute approximate surface area is 91.5 Å². The first-order valence-corrected chi connectivity index (χ1v) is 4.60. The number of nitrogens with one attached hydrogen (secondary N) is 1. The van der Waals surface area contributed by atoms with E-state index >= 15 is 0 Å². The number of carboxylic acids is 1. The second-order valence-electron chi connectivity index (χ2n) is 3.19. The standard InChI is InChI=1S/C8H11ClN4O2/c1-3(2)11-6-4(10)5(7(14)15)12-8(9)13-6/h3H,10H2,1-2H3,(H,14,15)(H,11,12,13)/p-1. The Morgan fingerprint density at radius 3 is 2.60 bits per heavy atom. The zero-order chi connectivity index (χ0) is 11.6. The van der Waals surface area contributed by atoms with E-state index < -0.39 is 11.7 Å². The van der Waals surface area contributed by atoms with Crippen LogP contribution in [0.25, 0.3) is 0 Å². The smallest absolute Gasteiger partial charge is 0.225 e. The lowest BCUT2D eigenvalue weighted by Gasteiger charge is -2.14. The first-order valence-electron chi connectivity index (χ1n) is 4.22. The molecule has 0 aliphatic rings. The van der Waals surface area contributed by atoms with Gasteiger partial charge in [0.15, 0.2) is 5.82 Å². The van der Waals surface area contributed by atoms with E-state index in [9.17, 15) is 9.90 Å². The van der Waals surface area contributed by atoms with Crippen molar-refractivity contribution in [2.24, 2.45) is 0 Å². The van der Waals surface area contributed by atoms with Crippen LogP contribution >= 0.6 is 11.6 Å². The zero-order valence-electron chi connectivity index (χ0n) is 8.24. The lowest BCUT2D eigenvalue weighted by atomic mass is 10.3. The van der Waals surface area contributed by atoms with Crippen LogP contribution in [0, 0.1) is 0 Å². The van der Waals surface area contributed by atoms with E-state index in [-0.39, 0.29) is 22.8 Å². The molecule has 0 unspecified atom stereocenters. The Kier molecular flexibility index (Phi) is 3.31. The van der Waals surface area contributed by atoms with Gasteiger partial charge in [0.05, 0.1) is 5.97 Å². The van der Waals surface area contributed by atoms with Gasteiger partial charge in [-0.2, -0.15) is 4.98 Å². The van der Waals surface area contributed by atoms with E-state index in [0.717, 1.165) is 0 Å². The van der Waals surface area contributed by atoms with Gasteiger partial charge in [-0.3, -0.25) is 0 Å². The maximum absolute atomic E-state index is 10.6. The minimum Gasteiger partial charge on any atom is -0.543 e. The highest BCUT2D eigenvalue weighted by Gasteiger charge is 2.12. The number of carbonyl (C=O) groups excluding carboxylic acids is 1. The molecule has 1 aromatic heterocycles. The molecule has 3 N–H and O–H groups in total. The van der Waals surface area contributed by atoms with Crippen LogP contribution in [0.5, 0.6) is 0 Å². The van der Waals surface area contributed by atoms with Gasteiger partial charge < -0.3 is 21.0 Å². The minimum atomic E-state index is -1.48. The molecule has 6 nitrogen and oxygen atoms in total. The molecule has 0 aliphatic carbocycles. The molecule has 0 aromatic carbocycles. The van der Waals surface area contributed by atoms with Crippen LogP contribution in [0.2, 0.25) is 5.28 Å². The van der Waals surface area contributed by atoms with Crippen molar-refractivity contribution in [2.75, 3.05) is 11.1 Å². The van der Waals surface area contributed by atoms with Crippen LogP contribution in [0.15, 0.2) is 0 Å². The van der Waals surface area contributed by atoms with Crippen molar-refractivity contribution in [1.82, 2.24) is 9.97 Å². The van der Waals surface area contributed by atoms with Crippen molar-refractivity contribution in [3.8, 4) is 0 Å². The summed E-state index contributed by atoms with van der Waals surface area (Å²) < 4.78 is 0. The van der Waals surface area contributed by atoms with Crippen molar-refractivity contribution in [3.05, 3.63) is 11.0 Å². The average molecular weight is 230 g/mol. The number of nitrogens with zero attached hydrogens (tertiary/aromatic N) is 2. The third-order valence-corrected chi connectivity index (χ3v) is 1.71. The molecule has 7 heteroatoms. The van der Waals surface area contributed by atoms with Crippen molar-refractivity contribution in [2.45, 2.75) is 19.9 Å². The van der Waals surface area contributed by atoms with Crippen LogP contribution in [0.4, 0.5) is 11.5 Å². The molecule has 1 heterocycles. The fourth-order valence-electron chi connectivity index (χ4n) is 0.981. The number of aromatic carboxylic acids is 1. The van der Waals surface area contributed by atoms with Crippen molar-refractivity contribution in [1.29, 1.82) is 0 Å². The lowest BCUT2D eigenvalue weighted by molar-refractivity contribution is -0.255. The van der Waals surface area contributed by atoms with Gasteiger partial charge in [0.2, 0.25) is 5.28 Å². The van der Waals surface area contributed by atoms with Crippen LogP contribution in [-0.2, 0) is 0 Å². The molecule has 0 atom stereocenters. The van der Waals surface area contributed by atoms with Gasteiger partial charge in [-0.15, -0.1) is 0 Å². The lowest BCUT2D eigenvalue weighted by Crippen LogP contribution is -2.26. The molecule has 1 rings (SSSR count). The number of aromatic nitrogens is 2. The molecule has 1 aromatic rings. The molecule has 0 bridgehead atoms. The average Bonchev–Trinajstić information content (AvgIpc) is 2.09. The van der Waals surface area contributed by atoms with Crippen molar-refractivity contribution in [3.63, 3.8) is 0 Å². The predicted octanol–water partition coefficient (Wildman–Crippen LogP) is -0.104. The predicted molar refractivity (Wildman–Crippen MR) is 54.5 cm³/mol. The van der Waals surface area contributed by atoms with Crippen molar-refractivity contribution >= 4 is 29.1 Å². The number of hydrogen-bond donors (Lipinski definition) is 2. The molecule has 0 amide bonds. The number of anilines is 2. The summed E-state index contributed by atoms with van der Waals surface area (Å²) in [4.78, 5) is 17.9. The summed E-state index contributed by atoms with van der Waals surface area (Å²) in [6.45, 7) is 3.71. The summed E-state index contributed by atoms with van der Waals surface area (Å²) in [5, 5.41) is 13.3. The summed E-state index contributed by atoms with van der Waals surface area (Å²) in [7, 11) is 0. The molecular weight excluding hydrogens is 220 g/mol. The molecule has 0 saturated heterocycles. The van der Waals surface area contributed by atoms with Crippen molar-refractivity contribution < 1.29 is 9.90 Å². The van der Waals surface area contributed by atoms with E-state index in [2.05, 4.69) is 15.3 Å². The van der Waals surface area contributed by atoms with E-state index in [1.807, 2.05) is 13.8 Å². The highest BCUT2D eigenvalue weighted by molar-refractivity contribution is 6.28. The minimum absolute atomic E-state index is 0.0490. The van der Waals surface area contributed by atoms with E-state index in [0.29, 0.717) is 0 Å². The van der Waals surface area contributed by atoms with Gasteiger partial charge in [0.1, 0.15) is 11.4 Å². The number of carboxylic acid groups (broad SMARTS) is 1. The van der Waals surface area contributed by atoms with Gasteiger partial charge in [-0.25, -0.2) is 4.98 Å². The molecule has 0 aliphatic heterocycles. The van der Waals surface area contributed by atoms with Crippen LogP contribution in [-0.4, -0.2) is 22.0 Å². The first-order chi connectivity index (χ1) is 6.91. The van der Waals surface area contributed by atoms with Gasteiger partial charge in [-0.05, 0) is 25.4 Å². The third kappa shape index (κ3) is 2.69. The summed E-state index contributed by atoms with van der Waals surface area (Å²) in [5.74, 6) is -1.28. The third-order valence-electron chi connectivity index (χ3n) is 1.54. The molecule has 82 valence electrons. The van der Waals surface area contributed by atoms with Gasteiger partial charge in [0.25, 0.3) is 0 Å². The van der Waals surface area contributed by atoms with Crippen LogP contribution in [0.1, 0.15) is 24.3 Å². The second kappa shape index (κ2) is 4.31. The molecule has 0 saturated carbocycles. The normalized spacial score (nSPS) is 10.4. The Hall–Kier alpha value is -1.56. The number of rotatable bonds is 3. The summed E-state index contributed by atoms with van der Waals surface area (Å²) in [5.41, 5.74) is 5.05. The first kappa shape index (κ1) is 11.5. The Morgan fingerprint density at radius 1 is 1.53 bits per heavy atom. The fourth-order valence-corrected chi connectivity index (χ4v) is 1.15. The van der Waals surface area contributed by atoms with Crippen LogP contribution in [0.3, 0.4) is 0 Å². The van der Waals surface area contributed by atoms with Crippen LogP contribution < -0.4 is 16.2 Å². The number of nitrogens with two attached hydrogens (primary N) is 1. The van der Waals surface area contributed by atoms with Gasteiger partial charge in [-0.1, -0.05) is 0 Å². The number of carbonyl (C=O) groups is 1. The van der Waals surface area contributed by atoms with E-state index in [4.69, 9.17) is 17.3 Å².